The molecule has 1 aliphatic rings. The van der Waals surface area contributed by atoms with Crippen LogP contribution in [0.1, 0.15) is 38.7 Å². The number of hydrogen-bond donors (Lipinski definition) is 0. The number of rotatable bonds is 4. The second kappa shape index (κ2) is 6.71. The first kappa shape index (κ1) is 15.5. The molecular weight excluding hydrogens is 264 g/mol. The van der Waals surface area contributed by atoms with Gasteiger partial charge in [0.15, 0.2) is 0 Å². The Labute approximate surface area is 125 Å². The van der Waals surface area contributed by atoms with Gasteiger partial charge in [0.1, 0.15) is 0 Å². The van der Waals surface area contributed by atoms with Gasteiger partial charge >= 0.3 is 0 Å². The highest BCUT2D eigenvalue weighted by Crippen LogP contribution is 2.38. The molecule has 4 unspecified atom stereocenters. The molecular formula is C18H26OS. The first-order chi connectivity index (χ1) is 9.47. The molecule has 1 aromatic carbocycles. The highest BCUT2D eigenvalue weighted by molar-refractivity contribution is 7.85. The van der Waals surface area contributed by atoms with Gasteiger partial charge in [0.2, 0.25) is 0 Å². The molecule has 1 saturated carbocycles. The van der Waals surface area contributed by atoms with Crippen molar-refractivity contribution in [1.29, 1.82) is 0 Å². The second-order valence-corrected chi connectivity index (χ2v) is 7.95. The average molecular weight is 290 g/mol. The molecule has 0 bridgehead atoms. The maximum atomic E-state index is 12.6. The molecule has 0 N–H and O–H groups in total. The van der Waals surface area contributed by atoms with Gasteiger partial charge in [-0.2, -0.15) is 0 Å². The molecule has 1 nitrogen and oxygen atoms in total. The first-order valence-electron chi connectivity index (χ1n) is 7.57. The Balaban J connectivity index is 2.07. The summed E-state index contributed by atoms with van der Waals surface area (Å²) < 4.78 is 12.6. The monoisotopic (exact) mass is 290 g/mol. The quantitative estimate of drug-likeness (QED) is 0.733. The van der Waals surface area contributed by atoms with Gasteiger partial charge in [0.25, 0.3) is 0 Å². The largest absolute Gasteiger partial charge is 0.254 e. The van der Waals surface area contributed by atoms with Gasteiger partial charge < -0.3 is 0 Å². The van der Waals surface area contributed by atoms with Crippen molar-refractivity contribution < 1.29 is 4.21 Å². The Hall–Kier alpha value is -0.890. The summed E-state index contributed by atoms with van der Waals surface area (Å²) in [6.45, 7) is 10.7. The van der Waals surface area contributed by atoms with Crippen molar-refractivity contribution in [1.82, 2.24) is 0 Å². The predicted molar refractivity (Wildman–Crippen MR) is 87.3 cm³/mol. The van der Waals surface area contributed by atoms with Gasteiger partial charge in [0, 0.05) is 10.6 Å². The van der Waals surface area contributed by atoms with Crippen LogP contribution in [0.15, 0.2) is 41.3 Å². The van der Waals surface area contributed by atoms with Crippen molar-refractivity contribution in [2.24, 2.45) is 17.8 Å². The highest BCUT2D eigenvalue weighted by atomic mass is 32.2. The van der Waals surface area contributed by atoms with Crippen LogP contribution in [0.5, 0.6) is 0 Å². The second-order valence-electron chi connectivity index (χ2n) is 6.46. The van der Waals surface area contributed by atoms with Crippen LogP contribution >= 0.6 is 0 Å². The minimum atomic E-state index is -0.883. The Morgan fingerprint density at radius 2 is 1.95 bits per heavy atom. The molecule has 1 fully saturated rings. The Kier molecular flexibility index (Phi) is 5.20. The smallest absolute Gasteiger partial charge is 0.0532 e. The van der Waals surface area contributed by atoms with E-state index in [-0.39, 0.29) is 0 Å². The van der Waals surface area contributed by atoms with E-state index in [1.165, 1.54) is 30.4 Å². The maximum Gasteiger partial charge on any atom is 0.0532 e. The van der Waals surface area contributed by atoms with E-state index in [1.54, 1.807) is 0 Å². The summed E-state index contributed by atoms with van der Waals surface area (Å²) in [5.74, 6) is 2.62. The molecule has 110 valence electrons. The van der Waals surface area contributed by atoms with Gasteiger partial charge in [-0.05, 0) is 56.6 Å². The third-order valence-electron chi connectivity index (χ3n) is 4.53. The predicted octanol–water partition coefficient (Wildman–Crippen LogP) is 4.73. The van der Waals surface area contributed by atoms with Crippen LogP contribution in [0.25, 0.3) is 0 Å². The van der Waals surface area contributed by atoms with Crippen LogP contribution in [0.3, 0.4) is 0 Å². The number of hydrogen-bond acceptors (Lipinski definition) is 1. The first-order valence-corrected chi connectivity index (χ1v) is 8.89. The zero-order valence-electron chi connectivity index (χ0n) is 12.9. The third kappa shape index (κ3) is 3.82. The summed E-state index contributed by atoms with van der Waals surface area (Å²) in [6, 6.07) is 8.11. The van der Waals surface area contributed by atoms with Crippen LogP contribution < -0.4 is 0 Å². The summed E-state index contributed by atoms with van der Waals surface area (Å²) in [7, 11) is -0.883. The van der Waals surface area contributed by atoms with Crippen molar-refractivity contribution in [3.8, 4) is 0 Å². The highest BCUT2D eigenvalue weighted by Gasteiger charge is 2.30. The lowest BCUT2D eigenvalue weighted by atomic mass is 9.73. The van der Waals surface area contributed by atoms with Crippen LogP contribution in [0.4, 0.5) is 0 Å². The number of benzene rings is 1. The minimum Gasteiger partial charge on any atom is -0.254 e. The van der Waals surface area contributed by atoms with E-state index < -0.39 is 10.8 Å². The van der Waals surface area contributed by atoms with Crippen LogP contribution in [-0.4, -0.2) is 9.96 Å². The lowest BCUT2D eigenvalue weighted by Crippen LogP contribution is -2.28. The van der Waals surface area contributed by atoms with Crippen LogP contribution in [0, 0.1) is 24.7 Å². The summed E-state index contributed by atoms with van der Waals surface area (Å²) in [6.07, 6.45) is 3.69. The molecule has 2 rings (SSSR count). The normalized spacial score (nSPS) is 28.1. The Bertz CT molecular complexity index is 489. The maximum absolute atomic E-state index is 12.6. The topological polar surface area (TPSA) is 17.1 Å². The lowest BCUT2D eigenvalue weighted by molar-refractivity contribution is 0.236. The van der Waals surface area contributed by atoms with Crippen molar-refractivity contribution in [2.45, 2.75) is 44.9 Å². The molecule has 0 aromatic heterocycles. The van der Waals surface area contributed by atoms with E-state index in [0.29, 0.717) is 11.8 Å². The summed E-state index contributed by atoms with van der Waals surface area (Å²) in [4.78, 5) is 0.967. The molecule has 1 aliphatic carbocycles. The van der Waals surface area contributed by atoms with E-state index in [2.05, 4.69) is 27.4 Å². The fraction of sp³-hybridized carbons (Fsp3) is 0.556. The SMILES string of the molecule is C=C(C)C1CCC(C)CC1CS(=O)c1ccc(C)cc1. The number of allylic oxidation sites excluding steroid dienone is 1. The van der Waals surface area contributed by atoms with Gasteiger partial charge in [-0.1, -0.05) is 43.2 Å². The van der Waals surface area contributed by atoms with Crippen molar-refractivity contribution in [2.75, 3.05) is 5.75 Å². The molecule has 0 saturated heterocycles. The van der Waals surface area contributed by atoms with Gasteiger partial charge in [0.05, 0.1) is 10.8 Å². The zero-order valence-corrected chi connectivity index (χ0v) is 13.7. The fourth-order valence-corrected chi connectivity index (χ4v) is 4.70. The van der Waals surface area contributed by atoms with Crippen LogP contribution in [0.2, 0.25) is 0 Å². The van der Waals surface area contributed by atoms with Crippen LogP contribution in [-0.2, 0) is 10.8 Å². The minimum absolute atomic E-state index is 0.526. The molecule has 0 spiro atoms. The van der Waals surface area contributed by atoms with Crippen molar-refractivity contribution >= 4 is 10.8 Å². The van der Waals surface area contributed by atoms with E-state index in [0.717, 1.165) is 16.6 Å². The molecule has 0 aliphatic heterocycles. The molecule has 0 amide bonds. The lowest BCUT2D eigenvalue weighted by Gasteiger charge is -2.35. The zero-order chi connectivity index (χ0) is 14.7. The van der Waals surface area contributed by atoms with Gasteiger partial charge in [-0.15, -0.1) is 0 Å². The van der Waals surface area contributed by atoms with E-state index in [1.807, 2.05) is 24.3 Å². The molecule has 2 heteroatoms. The van der Waals surface area contributed by atoms with E-state index >= 15 is 0 Å². The Morgan fingerprint density at radius 1 is 1.30 bits per heavy atom. The molecule has 20 heavy (non-hydrogen) atoms. The fourth-order valence-electron chi connectivity index (χ4n) is 3.31. The van der Waals surface area contributed by atoms with Crippen molar-refractivity contribution in [3.63, 3.8) is 0 Å². The molecule has 4 atom stereocenters. The number of aryl methyl sites for hydroxylation is 1. The summed E-state index contributed by atoms with van der Waals surface area (Å²) in [5, 5.41) is 0. The molecule has 1 aromatic rings. The average Bonchev–Trinajstić information content (AvgIpc) is 2.39. The summed E-state index contributed by atoms with van der Waals surface area (Å²) >= 11 is 0. The standard InChI is InChI=1S/C18H26OS/c1-13(2)18-10-7-15(4)11-16(18)12-20(19)17-8-5-14(3)6-9-17/h5-6,8-9,15-16,18H,1,7,10-12H2,2-4H3. The van der Waals surface area contributed by atoms with Gasteiger partial charge in [-0.25, -0.2) is 0 Å². The van der Waals surface area contributed by atoms with E-state index in [4.69, 9.17) is 0 Å². The van der Waals surface area contributed by atoms with Gasteiger partial charge in [-0.3, -0.25) is 4.21 Å². The van der Waals surface area contributed by atoms with E-state index in [9.17, 15) is 4.21 Å². The Morgan fingerprint density at radius 3 is 2.55 bits per heavy atom. The molecule has 0 radical (unpaired) electrons. The third-order valence-corrected chi connectivity index (χ3v) is 6.06. The van der Waals surface area contributed by atoms with Crippen molar-refractivity contribution in [3.05, 3.63) is 42.0 Å². The molecule has 0 heterocycles. The summed E-state index contributed by atoms with van der Waals surface area (Å²) in [5.41, 5.74) is 2.49.